The number of anilines is 1. The SMILES string of the molecule is COc1ccc(CCCNCC2CCC(C)CC2)cc1OC.Cc1nc(N(C)C)c2ccccc2n1. The smallest absolute Gasteiger partial charge is 0.160 e. The van der Waals surface area contributed by atoms with Crippen LogP contribution in [0.4, 0.5) is 5.82 Å². The first kappa shape index (κ1) is 27.7. The highest BCUT2D eigenvalue weighted by atomic mass is 16.5. The van der Waals surface area contributed by atoms with E-state index < -0.39 is 0 Å². The number of hydrogen-bond donors (Lipinski definition) is 1. The second-order valence-corrected chi connectivity index (χ2v) is 10.1. The third-order valence-electron chi connectivity index (χ3n) is 6.95. The lowest BCUT2D eigenvalue weighted by Gasteiger charge is -2.26. The van der Waals surface area contributed by atoms with Crippen LogP contribution in [0.1, 0.15) is 50.4 Å². The maximum absolute atomic E-state index is 5.35. The number of nitrogens with one attached hydrogen (secondary N) is 1. The van der Waals surface area contributed by atoms with Gasteiger partial charge in [0, 0.05) is 19.5 Å². The second-order valence-electron chi connectivity index (χ2n) is 10.1. The summed E-state index contributed by atoms with van der Waals surface area (Å²) in [6, 6.07) is 14.3. The van der Waals surface area contributed by atoms with Gasteiger partial charge in [0.25, 0.3) is 0 Å². The average molecular weight is 493 g/mol. The normalized spacial score (nSPS) is 17.3. The van der Waals surface area contributed by atoms with Crippen molar-refractivity contribution >= 4 is 16.7 Å². The van der Waals surface area contributed by atoms with Crippen LogP contribution in [-0.2, 0) is 6.42 Å². The summed E-state index contributed by atoms with van der Waals surface area (Å²) in [5.41, 5.74) is 2.31. The number of hydrogen-bond acceptors (Lipinski definition) is 6. The lowest BCUT2D eigenvalue weighted by molar-refractivity contribution is 0.282. The fourth-order valence-electron chi connectivity index (χ4n) is 4.81. The number of ether oxygens (including phenoxy) is 2. The molecule has 1 aliphatic rings. The number of para-hydroxylation sites is 1. The lowest BCUT2D eigenvalue weighted by Crippen LogP contribution is -2.27. The van der Waals surface area contributed by atoms with Gasteiger partial charge in [-0.05, 0) is 87.4 Å². The fourth-order valence-corrected chi connectivity index (χ4v) is 4.81. The third-order valence-corrected chi connectivity index (χ3v) is 6.95. The molecule has 1 saturated carbocycles. The van der Waals surface area contributed by atoms with Crippen molar-refractivity contribution in [2.24, 2.45) is 11.8 Å². The van der Waals surface area contributed by atoms with Gasteiger partial charge in [0.05, 0.1) is 19.7 Å². The number of methoxy groups -OCH3 is 2. The van der Waals surface area contributed by atoms with E-state index in [1.807, 2.05) is 56.3 Å². The van der Waals surface area contributed by atoms with Gasteiger partial charge in [-0.15, -0.1) is 0 Å². The van der Waals surface area contributed by atoms with Crippen LogP contribution in [0.25, 0.3) is 10.9 Å². The van der Waals surface area contributed by atoms with Crippen molar-refractivity contribution in [2.75, 3.05) is 46.3 Å². The van der Waals surface area contributed by atoms with Gasteiger partial charge in [-0.25, -0.2) is 9.97 Å². The molecule has 6 heteroatoms. The highest BCUT2D eigenvalue weighted by Gasteiger charge is 2.17. The van der Waals surface area contributed by atoms with Crippen LogP contribution in [-0.4, -0.2) is 51.4 Å². The molecule has 4 rings (SSSR count). The molecule has 36 heavy (non-hydrogen) atoms. The van der Waals surface area contributed by atoms with E-state index in [1.165, 1.54) is 44.2 Å². The van der Waals surface area contributed by atoms with Gasteiger partial charge in [-0.3, -0.25) is 0 Å². The molecular formula is C30H44N4O2. The molecule has 0 spiro atoms. The third kappa shape index (κ3) is 8.09. The number of benzene rings is 2. The van der Waals surface area contributed by atoms with E-state index in [4.69, 9.17) is 9.47 Å². The monoisotopic (exact) mass is 492 g/mol. The summed E-state index contributed by atoms with van der Waals surface area (Å²) in [6.07, 6.45) is 7.89. The van der Waals surface area contributed by atoms with Gasteiger partial charge >= 0.3 is 0 Å². The number of rotatable bonds is 9. The molecule has 1 heterocycles. The van der Waals surface area contributed by atoms with Crippen molar-refractivity contribution in [1.29, 1.82) is 0 Å². The number of aryl methyl sites for hydroxylation is 2. The number of fused-ring (bicyclic) bond motifs is 1. The van der Waals surface area contributed by atoms with Crippen molar-refractivity contribution in [1.82, 2.24) is 15.3 Å². The highest BCUT2D eigenvalue weighted by Crippen LogP contribution is 2.29. The highest BCUT2D eigenvalue weighted by molar-refractivity contribution is 5.89. The molecule has 0 saturated heterocycles. The Kier molecular flexibility index (Phi) is 10.8. The van der Waals surface area contributed by atoms with Crippen LogP contribution in [0.15, 0.2) is 42.5 Å². The van der Waals surface area contributed by atoms with Crippen LogP contribution in [0.3, 0.4) is 0 Å². The van der Waals surface area contributed by atoms with E-state index in [1.54, 1.807) is 14.2 Å². The summed E-state index contributed by atoms with van der Waals surface area (Å²) in [7, 11) is 7.35. The first-order chi connectivity index (χ1) is 17.4. The lowest BCUT2D eigenvalue weighted by atomic mass is 9.83. The van der Waals surface area contributed by atoms with Crippen molar-refractivity contribution in [3.63, 3.8) is 0 Å². The Morgan fingerprint density at radius 3 is 2.36 bits per heavy atom. The summed E-state index contributed by atoms with van der Waals surface area (Å²) in [6.45, 7) is 6.59. The van der Waals surface area contributed by atoms with Crippen molar-refractivity contribution in [3.05, 3.63) is 53.9 Å². The van der Waals surface area contributed by atoms with Crippen LogP contribution in [0.5, 0.6) is 11.5 Å². The maximum Gasteiger partial charge on any atom is 0.160 e. The van der Waals surface area contributed by atoms with Crippen molar-refractivity contribution in [3.8, 4) is 11.5 Å². The van der Waals surface area contributed by atoms with Crippen LogP contribution in [0.2, 0.25) is 0 Å². The van der Waals surface area contributed by atoms with E-state index >= 15 is 0 Å². The minimum atomic E-state index is 0.802. The van der Waals surface area contributed by atoms with E-state index in [0.29, 0.717) is 0 Å². The zero-order valence-electron chi connectivity index (χ0n) is 23.0. The molecule has 1 N–H and O–H groups in total. The zero-order chi connectivity index (χ0) is 25.9. The van der Waals surface area contributed by atoms with E-state index in [-0.39, 0.29) is 0 Å². The Morgan fingerprint density at radius 2 is 1.67 bits per heavy atom. The van der Waals surface area contributed by atoms with E-state index in [9.17, 15) is 0 Å². The van der Waals surface area contributed by atoms with E-state index in [2.05, 4.69) is 34.3 Å². The molecule has 196 valence electrons. The summed E-state index contributed by atoms with van der Waals surface area (Å²) < 4.78 is 10.6. The summed E-state index contributed by atoms with van der Waals surface area (Å²) >= 11 is 0. The molecule has 2 aromatic carbocycles. The average Bonchev–Trinajstić information content (AvgIpc) is 2.89. The summed E-state index contributed by atoms with van der Waals surface area (Å²) in [5, 5.41) is 4.74. The fraction of sp³-hybridized carbons (Fsp3) is 0.533. The topological polar surface area (TPSA) is 59.5 Å². The van der Waals surface area contributed by atoms with Crippen molar-refractivity contribution in [2.45, 2.75) is 52.4 Å². The maximum atomic E-state index is 5.35. The van der Waals surface area contributed by atoms with Crippen LogP contribution >= 0.6 is 0 Å². The second kappa shape index (κ2) is 14.0. The van der Waals surface area contributed by atoms with Crippen LogP contribution < -0.4 is 19.7 Å². The van der Waals surface area contributed by atoms with Crippen molar-refractivity contribution < 1.29 is 9.47 Å². The Balaban J connectivity index is 0.000000221. The standard InChI is InChI=1S/C19H31NO2.C11H13N3/c1-15-6-8-17(9-7-15)14-20-12-4-5-16-10-11-18(21-2)19(13-16)22-3;1-8-12-10-7-5-4-6-9(10)11(13-8)14(2)3/h10-11,13,15,17,20H,4-9,12,14H2,1-3H3;4-7H,1-3H3. The first-order valence-electron chi connectivity index (χ1n) is 13.2. The summed E-state index contributed by atoms with van der Waals surface area (Å²) in [4.78, 5) is 10.8. The molecule has 0 unspecified atom stereocenters. The van der Waals surface area contributed by atoms with Crippen LogP contribution in [0, 0.1) is 18.8 Å². The predicted molar refractivity (Wildman–Crippen MR) is 150 cm³/mol. The van der Waals surface area contributed by atoms with Gasteiger partial charge in [0.2, 0.25) is 0 Å². The Hall–Kier alpha value is -2.86. The molecule has 3 aromatic rings. The predicted octanol–water partition coefficient (Wildman–Crippen LogP) is 6.06. The van der Waals surface area contributed by atoms with Gasteiger partial charge in [-0.2, -0.15) is 0 Å². The largest absolute Gasteiger partial charge is 0.493 e. The first-order valence-corrected chi connectivity index (χ1v) is 13.2. The Morgan fingerprint density at radius 1 is 0.944 bits per heavy atom. The molecule has 0 bridgehead atoms. The summed E-state index contributed by atoms with van der Waals surface area (Å²) in [5.74, 6) is 5.26. The Labute approximate surface area is 217 Å². The number of aromatic nitrogens is 2. The minimum absolute atomic E-state index is 0.802. The van der Waals surface area contributed by atoms with Gasteiger partial charge in [0.1, 0.15) is 11.6 Å². The molecule has 1 aromatic heterocycles. The molecule has 0 radical (unpaired) electrons. The molecule has 0 aliphatic heterocycles. The van der Waals surface area contributed by atoms with Gasteiger partial charge < -0.3 is 19.7 Å². The zero-order valence-corrected chi connectivity index (χ0v) is 23.0. The quantitative estimate of drug-likeness (QED) is 0.367. The number of nitrogens with zero attached hydrogens (tertiary/aromatic N) is 3. The molecule has 1 fully saturated rings. The minimum Gasteiger partial charge on any atom is -0.493 e. The molecule has 0 amide bonds. The molecule has 1 aliphatic carbocycles. The Bertz CT molecular complexity index is 1080. The molecular weight excluding hydrogens is 448 g/mol. The molecule has 6 nitrogen and oxygen atoms in total. The molecule has 0 atom stereocenters. The van der Waals surface area contributed by atoms with Gasteiger partial charge in [-0.1, -0.05) is 38.0 Å². The van der Waals surface area contributed by atoms with Gasteiger partial charge in [0.15, 0.2) is 11.5 Å². The van der Waals surface area contributed by atoms with E-state index in [0.717, 1.165) is 58.8 Å².